The highest BCUT2D eigenvalue weighted by atomic mass is 14.9. The lowest BCUT2D eigenvalue weighted by molar-refractivity contribution is 0.968. The minimum Gasteiger partial charge on any atom is -0.379 e. The van der Waals surface area contributed by atoms with Gasteiger partial charge in [0.1, 0.15) is 0 Å². The Bertz CT molecular complexity index is 1810. The SMILES string of the molecule is c1cc(CNc2cc3cccnc3c3ncccc23)nc(CNc2cc3cccnc3c3ncccc23)c1. The van der Waals surface area contributed by atoms with Crippen LogP contribution in [0.2, 0.25) is 0 Å². The van der Waals surface area contributed by atoms with Crippen LogP contribution in [0.3, 0.4) is 0 Å². The van der Waals surface area contributed by atoms with Crippen LogP contribution in [0.15, 0.2) is 104 Å². The third kappa shape index (κ3) is 4.00. The highest BCUT2D eigenvalue weighted by Crippen LogP contribution is 2.31. The molecule has 7 aromatic rings. The number of hydrogen-bond acceptors (Lipinski definition) is 7. The highest BCUT2D eigenvalue weighted by molar-refractivity contribution is 6.09. The Morgan fingerprint density at radius 1 is 0.474 bits per heavy atom. The smallest absolute Gasteiger partial charge is 0.0985 e. The summed E-state index contributed by atoms with van der Waals surface area (Å²) in [6.45, 7) is 1.19. The van der Waals surface area contributed by atoms with E-state index in [4.69, 9.17) is 4.98 Å². The van der Waals surface area contributed by atoms with E-state index in [1.807, 2.05) is 48.8 Å². The lowest BCUT2D eigenvalue weighted by atomic mass is 10.1. The molecule has 0 fully saturated rings. The van der Waals surface area contributed by atoms with Crippen LogP contribution < -0.4 is 10.6 Å². The first-order chi connectivity index (χ1) is 18.8. The zero-order chi connectivity index (χ0) is 25.3. The summed E-state index contributed by atoms with van der Waals surface area (Å²) >= 11 is 0. The number of rotatable bonds is 6. The number of nitrogens with zero attached hydrogens (tertiary/aromatic N) is 5. The second kappa shape index (κ2) is 9.37. The molecular weight excluding hydrogens is 470 g/mol. The summed E-state index contributed by atoms with van der Waals surface area (Å²) in [5, 5.41) is 11.3. The van der Waals surface area contributed by atoms with Crippen molar-refractivity contribution >= 4 is 55.0 Å². The third-order valence-corrected chi connectivity index (χ3v) is 6.71. The maximum atomic E-state index is 4.91. The molecule has 0 unspecified atom stereocenters. The third-order valence-electron chi connectivity index (χ3n) is 6.71. The summed E-state index contributed by atoms with van der Waals surface area (Å²) in [6, 6.07) is 26.5. The van der Waals surface area contributed by atoms with Gasteiger partial charge in [-0.15, -0.1) is 0 Å². The van der Waals surface area contributed by atoms with Crippen LogP contribution in [0.1, 0.15) is 11.4 Å². The Kier molecular flexibility index (Phi) is 5.44. The van der Waals surface area contributed by atoms with E-state index in [1.54, 1.807) is 12.4 Å². The van der Waals surface area contributed by atoms with E-state index >= 15 is 0 Å². The molecule has 0 aliphatic carbocycles. The van der Waals surface area contributed by atoms with Crippen molar-refractivity contribution < 1.29 is 0 Å². The van der Waals surface area contributed by atoms with E-state index in [0.29, 0.717) is 13.1 Å². The van der Waals surface area contributed by atoms with Gasteiger partial charge in [0.05, 0.1) is 46.5 Å². The monoisotopic (exact) mass is 493 g/mol. The molecule has 0 atom stereocenters. The highest BCUT2D eigenvalue weighted by Gasteiger charge is 2.10. The molecule has 0 aliphatic rings. The van der Waals surface area contributed by atoms with Gasteiger partial charge in [-0.25, -0.2) is 0 Å². The van der Waals surface area contributed by atoms with Crippen LogP contribution in [0.25, 0.3) is 43.6 Å². The van der Waals surface area contributed by atoms with Crippen molar-refractivity contribution in [2.75, 3.05) is 10.6 Å². The molecule has 0 saturated carbocycles. The molecular formula is C31H23N7. The molecule has 182 valence electrons. The largest absolute Gasteiger partial charge is 0.379 e. The Labute approximate surface area is 218 Å². The average Bonchev–Trinajstić information content (AvgIpc) is 2.99. The molecule has 5 heterocycles. The maximum Gasteiger partial charge on any atom is 0.0985 e. The number of pyridine rings is 5. The molecule has 0 bridgehead atoms. The predicted octanol–water partition coefficient (Wildman–Crippen LogP) is 6.50. The molecule has 0 saturated heterocycles. The van der Waals surface area contributed by atoms with Gasteiger partial charge < -0.3 is 10.6 Å². The van der Waals surface area contributed by atoms with Crippen LogP contribution in [0.5, 0.6) is 0 Å². The first-order valence-electron chi connectivity index (χ1n) is 12.5. The number of aromatic nitrogens is 5. The molecule has 7 nitrogen and oxygen atoms in total. The summed E-state index contributed by atoms with van der Waals surface area (Å²) in [6.07, 6.45) is 7.23. The van der Waals surface area contributed by atoms with Crippen molar-refractivity contribution in [1.82, 2.24) is 24.9 Å². The van der Waals surface area contributed by atoms with Gasteiger partial charge in [0.2, 0.25) is 0 Å². The molecule has 2 N–H and O–H groups in total. The van der Waals surface area contributed by atoms with Gasteiger partial charge in [0.15, 0.2) is 0 Å². The van der Waals surface area contributed by atoms with Gasteiger partial charge in [-0.2, -0.15) is 0 Å². The summed E-state index contributed by atoms with van der Waals surface area (Å²) in [5.74, 6) is 0. The summed E-state index contributed by atoms with van der Waals surface area (Å²) in [4.78, 5) is 23.2. The Morgan fingerprint density at radius 2 is 0.921 bits per heavy atom. The number of fused-ring (bicyclic) bond motifs is 6. The van der Waals surface area contributed by atoms with Crippen molar-refractivity contribution in [2.24, 2.45) is 0 Å². The van der Waals surface area contributed by atoms with Gasteiger partial charge in [0, 0.05) is 57.7 Å². The van der Waals surface area contributed by atoms with E-state index in [2.05, 4.69) is 73.0 Å². The Hall–Kier alpha value is -5.17. The molecule has 5 aromatic heterocycles. The second-order valence-corrected chi connectivity index (χ2v) is 9.13. The van der Waals surface area contributed by atoms with Crippen molar-refractivity contribution in [2.45, 2.75) is 13.1 Å². The van der Waals surface area contributed by atoms with Crippen LogP contribution in [0.4, 0.5) is 11.4 Å². The lowest BCUT2D eigenvalue weighted by Crippen LogP contribution is -2.07. The summed E-state index contributed by atoms with van der Waals surface area (Å²) in [7, 11) is 0. The van der Waals surface area contributed by atoms with Crippen LogP contribution in [-0.4, -0.2) is 24.9 Å². The number of anilines is 2. The average molecular weight is 494 g/mol. The van der Waals surface area contributed by atoms with Gasteiger partial charge in [-0.05, 0) is 60.7 Å². The van der Waals surface area contributed by atoms with Gasteiger partial charge in [-0.3, -0.25) is 24.9 Å². The van der Waals surface area contributed by atoms with Crippen molar-refractivity contribution in [3.8, 4) is 0 Å². The molecule has 0 spiro atoms. The minimum atomic E-state index is 0.595. The van der Waals surface area contributed by atoms with Crippen LogP contribution in [0, 0.1) is 0 Å². The van der Waals surface area contributed by atoms with E-state index in [0.717, 1.165) is 66.4 Å². The summed E-state index contributed by atoms with van der Waals surface area (Å²) < 4.78 is 0. The maximum absolute atomic E-state index is 4.91. The second-order valence-electron chi connectivity index (χ2n) is 9.13. The standard InChI is InChI=1S/C31H23N7/c1-8-22(18-36-26-16-20-6-2-12-32-28(20)30-24(26)10-4-14-34-30)38-23(9-1)19-37-27-17-21-7-3-13-33-29(21)31-25(27)11-5-15-35-31/h1-17,36-37H,18-19H2. The van der Waals surface area contributed by atoms with Crippen molar-refractivity contribution in [3.05, 3.63) is 115 Å². The molecule has 0 aliphatic heterocycles. The van der Waals surface area contributed by atoms with Gasteiger partial charge in [-0.1, -0.05) is 18.2 Å². The van der Waals surface area contributed by atoms with Gasteiger partial charge >= 0.3 is 0 Å². The zero-order valence-electron chi connectivity index (χ0n) is 20.5. The van der Waals surface area contributed by atoms with E-state index in [-0.39, 0.29) is 0 Å². The Morgan fingerprint density at radius 3 is 1.42 bits per heavy atom. The van der Waals surface area contributed by atoms with E-state index in [1.165, 1.54) is 0 Å². The fourth-order valence-electron chi connectivity index (χ4n) is 4.94. The van der Waals surface area contributed by atoms with E-state index < -0.39 is 0 Å². The zero-order valence-corrected chi connectivity index (χ0v) is 20.5. The van der Waals surface area contributed by atoms with Crippen molar-refractivity contribution in [1.29, 1.82) is 0 Å². The molecule has 0 radical (unpaired) electrons. The van der Waals surface area contributed by atoms with Crippen LogP contribution >= 0.6 is 0 Å². The van der Waals surface area contributed by atoms with Crippen molar-refractivity contribution in [3.63, 3.8) is 0 Å². The number of nitrogens with one attached hydrogen (secondary N) is 2. The molecule has 0 amide bonds. The topological polar surface area (TPSA) is 88.5 Å². The molecule has 7 rings (SSSR count). The Balaban J connectivity index is 1.14. The minimum absolute atomic E-state index is 0.595. The summed E-state index contributed by atoms with van der Waals surface area (Å²) in [5.41, 5.74) is 7.56. The fourth-order valence-corrected chi connectivity index (χ4v) is 4.94. The van der Waals surface area contributed by atoms with Gasteiger partial charge in [0.25, 0.3) is 0 Å². The number of benzene rings is 2. The van der Waals surface area contributed by atoms with Crippen LogP contribution in [-0.2, 0) is 13.1 Å². The first-order valence-corrected chi connectivity index (χ1v) is 12.5. The molecule has 2 aromatic carbocycles. The molecule has 38 heavy (non-hydrogen) atoms. The number of hydrogen-bond donors (Lipinski definition) is 2. The lowest BCUT2D eigenvalue weighted by Gasteiger charge is -2.13. The normalized spacial score (nSPS) is 11.4. The predicted molar refractivity (Wildman–Crippen MR) is 153 cm³/mol. The van der Waals surface area contributed by atoms with E-state index in [9.17, 15) is 0 Å². The molecule has 7 heteroatoms. The quantitative estimate of drug-likeness (QED) is 0.256. The first kappa shape index (κ1) is 22.1. The fraction of sp³-hybridized carbons (Fsp3) is 0.0645.